The van der Waals surface area contributed by atoms with Crippen molar-refractivity contribution in [2.45, 2.75) is 26.4 Å². The number of carbonyl (C=O) groups excluding carboxylic acids is 1. The summed E-state index contributed by atoms with van der Waals surface area (Å²) in [6.45, 7) is 6.98. The molecular formula is C19H26ClN5O. The molecule has 26 heavy (non-hydrogen) atoms. The number of nitrogens with one attached hydrogen (secondary N) is 1. The van der Waals surface area contributed by atoms with Gasteiger partial charge in [-0.25, -0.2) is 4.68 Å². The summed E-state index contributed by atoms with van der Waals surface area (Å²) in [7, 11) is 0. The molecule has 2 saturated heterocycles. The first kappa shape index (κ1) is 18.7. The number of anilines is 1. The SMILES string of the molecule is Cc1cc(N)n(CC(=O)N2C[C@@H]3CNC[C@@H]3[C@H]2c2ccccc2C)n1.Cl. The summed E-state index contributed by atoms with van der Waals surface area (Å²) in [6.07, 6.45) is 0. The predicted molar refractivity (Wildman–Crippen MR) is 104 cm³/mol. The number of carbonyl (C=O) groups is 1. The van der Waals surface area contributed by atoms with Gasteiger partial charge in [0.2, 0.25) is 5.91 Å². The monoisotopic (exact) mass is 375 g/mol. The van der Waals surface area contributed by atoms with Gasteiger partial charge >= 0.3 is 0 Å². The zero-order valence-corrected chi connectivity index (χ0v) is 16.0. The number of nitrogens with two attached hydrogens (primary N) is 1. The molecule has 6 nitrogen and oxygen atoms in total. The first-order valence-corrected chi connectivity index (χ1v) is 8.90. The number of hydrogen-bond acceptors (Lipinski definition) is 4. The summed E-state index contributed by atoms with van der Waals surface area (Å²) in [4.78, 5) is 15.1. The lowest BCUT2D eigenvalue weighted by Crippen LogP contribution is -2.37. The molecule has 3 N–H and O–H groups in total. The molecule has 0 bridgehead atoms. The van der Waals surface area contributed by atoms with Crippen molar-refractivity contribution in [3.63, 3.8) is 0 Å². The number of fused-ring (bicyclic) bond motifs is 1. The summed E-state index contributed by atoms with van der Waals surface area (Å²) < 4.78 is 1.61. The van der Waals surface area contributed by atoms with E-state index < -0.39 is 0 Å². The second-order valence-corrected chi connectivity index (χ2v) is 7.30. The highest BCUT2D eigenvalue weighted by Gasteiger charge is 2.47. The highest BCUT2D eigenvalue weighted by molar-refractivity contribution is 5.85. The van der Waals surface area contributed by atoms with Crippen LogP contribution in [0.4, 0.5) is 5.82 Å². The third-order valence-corrected chi connectivity index (χ3v) is 5.61. The molecule has 0 spiro atoms. The smallest absolute Gasteiger partial charge is 0.244 e. The molecule has 2 aliphatic heterocycles. The van der Waals surface area contributed by atoms with Gasteiger partial charge < -0.3 is 16.0 Å². The normalized spacial score (nSPS) is 24.4. The molecule has 0 saturated carbocycles. The van der Waals surface area contributed by atoms with Gasteiger partial charge in [0.1, 0.15) is 12.4 Å². The van der Waals surface area contributed by atoms with Crippen LogP contribution in [0.5, 0.6) is 0 Å². The van der Waals surface area contributed by atoms with Gasteiger partial charge in [-0.1, -0.05) is 24.3 Å². The first-order chi connectivity index (χ1) is 12.0. The minimum absolute atomic E-state index is 0. The third-order valence-electron chi connectivity index (χ3n) is 5.61. The van der Waals surface area contributed by atoms with Crippen molar-refractivity contribution in [3.05, 3.63) is 47.2 Å². The van der Waals surface area contributed by atoms with E-state index in [4.69, 9.17) is 5.73 Å². The average Bonchev–Trinajstić information content (AvgIpc) is 3.23. The van der Waals surface area contributed by atoms with Gasteiger partial charge in [0.05, 0.1) is 11.7 Å². The minimum Gasteiger partial charge on any atom is -0.384 e. The first-order valence-electron chi connectivity index (χ1n) is 8.90. The summed E-state index contributed by atoms with van der Waals surface area (Å²) in [5, 5.41) is 7.83. The quantitative estimate of drug-likeness (QED) is 0.859. The van der Waals surface area contributed by atoms with Crippen LogP contribution >= 0.6 is 12.4 Å². The lowest BCUT2D eigenvalue weighted by atomic mass is 9.87. The van der Waals surface area contributed by atoms with Crippen LogP contribution in [-0.4, -0.2) is 40.2 Å². The lowest BCUT2D eigenvalue weighted by Gasteiger charge is -2.29. The van der Waals surface area contributed by atoms with E-state index >= 15 is 0 Å². The lowest BCUT2D eigenvalue weighted by molar-refractivity contribution is -0.133. The molecule has 1 aromatic heterocycles. The van der Waals surface area contributed by atoms with E-state index in [0.717, 1.165) is 25.3 Å². The molecule has 140 valence electrons. The molecule has 4 rings (SSSR count). The van der Waals surface area contributed by atoms with E-state index in [-0.39, 0.29) is 30.9 Å². The van der Waals surface area contributed by atoms with Crippen molar-refractivity contribution < 1.29 is 4.79 Å². The van der Waals surface area contributed by atoms with Gasteiger partial charge in [-0.2, -0.15) is 5.10 Å². The Morgan fingerprint density at radius 1 is 1.31 bits per heavy atom. The number of aromatic nitrogens is 2. The van der Waals surface area contributed by atoms with Crippen LogP contribution in [0.2, 0.25) is 0 Å². The van der Waals surface area contributed by atoms with E-state index in [9.17, 15) is 4.79 Å². The zero-order valence-electron chi connectivity index (χ0n) is 15.2. The van der Waals surface area contributed by atoms with Crippen molar-refractivity contribution in [1.82, 2.24) is 20.0 Å². The number of nitrogens with zero attached hydrogens (tertiary/aromatic N) is 3. The Morgan fingerprint density at radius 3 is 2.77 bits per heavy atom. The van der Waals surface area contributed by atoms with Gasteiger partial charge in [0, 0.05) is 31.6 Å². The van der Waals surface area contributed by atoms with E-state index in [1.807, 2.05) is 6.92 Å². The second kappa shape index (κ2) is 7.29. The van der Waals surface area contributed by atoms with Crippen molar-refractivity contribution >= 4 is 24.1 Å². The number of nitrogen functional groups attached to an aromatic ring is 1. The van der Waals surface area contributed by atoms with Gasteiger partial charge in [0.15, 0.2) is 0 Å². The summed E-state index contributed by atoms with van der Waals surface area (Å²) >= 11 is 0. The van der Waals surface area contributed by atoms with Crippen LogP contribution < -0.4 is 11.1 Å². The van der Waals surface area contributed by atoms with Gasteiger partial charge in [-0.05, 0) is 30.9 Å². The van der Waals surface area contributed by atoms with Crippen LogP contribution in [0.3, 0.4) is 0 Å². The Balaban J connectivity index is 0.00000196. The fourth-order valence-corrected chi connectivity index (χ4v) is 4.41. The average molecular weight is 376 g/mol. The molecule has 0 radical (unpaired) electrons. The van der Waals surface area contributed by atoms with E-state index in [2.05, 4.69) is 46.5 Å². The Hall–Kier alpha value is -2.05. The maximum atomic E-state index is 13.1. The molecule has 3 atom stereocenters. The topological polar surface area (TPSA) is 76.2 Å². The number of hydrogen-bond donors (Lipinski definition) is 2. The molecule has 0 unspecified atom stereocenters. The van der Waals surface area contributed by atoms with Crippen LogP contribution in [0.1, 0.15) is 22.9 Å². The highest BCUT2D eigenvalue weighted by atomic mass is 35.5. The van der Waals surface area contributed by atoms with Crippen LogP contribution in [-0.2, 0) is 11.3 Å². The number of benzene rings is 1. The highest BCUT2D eigenvalue weighted by Crippen LogP contribution is 2.43. The van der Waals surface area contributed by atoms with Crippen molar-refractivity contribution in [3.8, 4) is 0 Å². The van der Waals surface area contributed by atoms with Gasteiger partial charge in [-0.3, -0.25) is 4.79 Å². The van der Waals surface area contributed by atoms with E-state index in [1.165, 1.54) is 11.1 Å². The minimum atomic E-state index is 0. The molecule has 2 fully saturated rings. The van der Waals surface area contributed by atoms with Crippen molar-refractivity contribution in [1.29, 1.82) is 0 Å². The van der Waals surface area contributed by atoms with Gasteiger partial charge in [0.25, 0.3) is 0 Å². The Labute approximate surface area is 160 Å². The maximum absolute atomic E-state index is 13.1. The van der Waals surface area contributed by atoms with Crippen molar-refractivity contribution in [2.24, 2.45) is 11.8 Å². The molecule has 0 aliphatic carbocycles. The zero-order chi connectivity index (χ0) is 17.6. The largest absolute Gasteiger partial charge is 0.384 e. The van der Waals surface area contributed by atoms with Crippen LogP contribution in [0, 0.1) is 25.7 Å². The van der Waals surface area contributed by atoms with Gasteiger partial charge in [-0.15, -0.1) is 12.4 Å². The molecule has 3 heterocycles. The van der Waals surface area contributed by atoms with Crippen molar-refractivity contribution in [2.75, 3.05) is 25.4 Å². The maximum Gasteiger partial charge on any atom is 0.244 e. The van der Waals surface area contributed by atoms with Crippen LogP contribution in [0.15, 0.2) is 30.3 Å². The summed E-state index contributed by atoms with van der Waals surface area (Å²) in [6, 6.07) is 10.3. The second-order valence-electron chi connectivity index (χ2n) is 7.30. The molecule has 2 aliphatic rings. The molecule has 7 heteroatoms. The standard InChI is InChI=1S/C19H25N5O.ClH/c1-12-5-3-4-6-15(12)19-16-9-21-8-14(16)10-23(19)18(25)11-24-17(20)7-13(2)22-24;/h3-7,14,16,19,21H,8-11,20H2,1-2H3;1H/t14-,16-,19+;/m0./s1. The summed E-state index contributed by atoms with van der Waals surface area (Å²) in [5.41, 5.74) is 9.31. The third kappa shape index (κ3) is 3.19. The van der Waals surface area contributed by atoms with E-state index in [1.54, 1.807) is 10.7 Å². The van der Waals surface area contributed by atoms with Crippen LogP contribution in [0.25, 0.3) is 0 Å². The Morgan fingerprint density at radius 2 is 2.08 bits per heavy atom. The Bertz CT molecular complexity index is 805. The fraction of sp³-hybridized carbons (Fsp3) is 0.474. The number of likely N-dealkylation sites (tertiary alicyclic amines) is 1. The number of aryl methyl sites for hydroxylation is 2. The molecule has 1 amide bonds. The number of rotatable bonds is 3. The summed E-state index contributed by atoms with van der Waals surface area (Å²) in [5.74, 6) is 1.63. The predicted octanol–water partition coefficient (Wildman–Crippen LogP) is 1.92. The molecular weight excluding hydrogens is 350 g/mol. The van der Waals surface area contributed by atoms with E-state index in [0.29, 0.717) is 17.7 Å². The number of amides is 1. The molecule has 1 aromatic carbocycles. The Kier molecular flexibility index (Phi) is 5.25. The number of halogens is 1. The fourth-order valence-electron chi connectivity index (χ4n) is 4.41. The molecule has 2 aromatic rings.